The molecule has 6 rings (SSSR count). The Balaban J connectivity index is 0.00000353. The third-order valence-corrected chi connectivity index (χ3v) is 9.02. The molecular formula is C32H37NO9. The molecule has 0 saturated carbocycles. The summed E-state index contributed by atoms with van der Waals surface area (Å²) >= 11 is 0. The predicted octanol–water partition coefficient (Wildman–Crippen LogP) is 3.48. The van der Waals surface area contributed by atoms with Gasteiger partial charge in [0.15, 0.2) is 23.7 Å². The number of likely N-dealkylation sites (N-methyl/N-ethyl adjacent to an activating group) is 1. The quantitative estimate of drug-likeness (QED) is 0.387. The van der Waals surface area contributed by atoms with Gasteiger partial charge in [0.25, 0.3) is 0 Å². The molecule has 10 heteroatoms. The number of ether oxygens (including phenoxy) is 4. The molecule has 2 N–H and O–H groups in total. The first-order valence-corrected chi connectivity index (χ1v) is 13.9. The molecule has 1 spiro atoms. The first-order valence-electron chi connectivity index (χ1n) is 13.9. The van der Waals surface area contributed by atoms with Crippen LogP contribution < -0.4 is 4.74 Å². The third kappa shape index (κ3) is 4.35. The average molecular weight is 580 g/mol. The van der Waals surface area contributed by atoms with Crippen LogP contribution in [0.25, 0.3) is 0 Å². The second-order valence-electron chi connectivity index (χ2n) is 11.4. The van der Waals surface area contributed by atoms with Crippen molar-refractivity contribution in [2.45, 2.75) is 82.3 Å². The van der Waals surface area contributed by atoms with Gasteiger partial charge in [0.1, 0.15) is 5.76 Å². The van der Waals surface area contributed by atoms with E-state index in [1.807, 2.05) is 13.1 Å². The lowest BCUT2D eigenvalue weighted by atomic mass is 9.52. The van der Waals surface area contributed by atoms with Crippen LogP contribution >= 0.6 is 0 Å². The van der Waals surface area contributed by atoms with Gasteiger partial charge in [0.05, 0.1) is 11.0 Å². The van der Waals surface area contributed by atoms with E-state index in [1.54, 1.807) is 42.5 Å². The number of nitrogens with zero attached hydrogens (tertiary/aromatic N) is 1. The Morgan fingerprint density at radius 2 is 1.83 bits per heavy atom. The van der Waals surface area contributed by atoms with E-state index in [-0.39, 0.29) is 31.4 Å². The summed E-state index contributed by atoms with van der Waals surface area (Å²) in [7, 11) is 2.01. The van der Waals surface area contributed by atoms with Crippen molar-refractivity contribution >= 4 is 17.9 Å². The molecule has 2 aromatic rings. The molecule has 2 aliphatic heterocycles. The van der Waals surface area contributed by atoms with Gasteiger partial charge in [-0.2, -0.15) is 0 Å². The standard InChI is InChI=1S/C31H33NO9.CH4/c1-17(38-29(36)25(39-18(2)33)19-8-5-4-6-9-19)28(35)40-22-12-14-31(37)23-16-20-10-11-21(34)26-24(20)30(31,27(22)41-26)13-7-15-32(23)3;/h4-6,8-12,17,23,25,27,34,37H,7,13-16H2,1-3H3;1H4/t17-,23+,25-,27-,30-,31+;/m0./s1. The van der Waals surface area contributed by atoms with Crippen LogP contribution in [0.5, 0.6) is 11.5 Å². The molecule has 1 fully saturated rings. The Hall–Kier alpha value is -3.89. The van der Waals surface area contributed by atoms with Crippen molar-refractivity contribution < 1.29 is 43.5 Å². The zero-order valence-corrected chi connectivity index (χ0v) is 23.2. The predicted molar refractivity (Wildman–Crippen MR) is 151 cm³/mol. The first kappa shape index (κ1) is 29.6. The zero-order chi connectivity index (χ0) is 29.1. The van der Waals surface area contributed by atoms with Gasteiger partial charge in [0, 0.05) is 30.5 Å². The fourth-order valence-corrected chi connectivity index (χ4v) is 7.22. The number of rotatable bonds is 6. The van der Waals surface area contributed by atoms with Gasteiger partial charge in [-0.3, -0.25) is 4.79 Å². The van der Waals surface area contributed by atoms with E-state index in [1.165, 1.54) is 13.8 Å². The van der Waals surface area contributed by atoms with Crippen LogP contribution in [-0.4, -0.2) is 70.5 Å². The first-order chi connectivity index (χ1) is 19.6. The summed E-state index contributed by atoms with van der Waals surface area (Å²) in [4.78, 5) is 40.1. The number of hydrogen-bond donors (Lipinski definition) is 2. The molecule has 0 aromatic heterocycles. The number of esters is 3. The maximum atomic E-state index is 13.3. The lowest BCUT2D eigenvalue weighted by molar-refractivity contribution is -0.178. The minimum absolute atomic E-state index is 0. The van der Waals surface area contributed by atoms with E-state index in [0.29, 0.717) is 24.2 Å². The van der Waals surface area contributed by atoms with E-state index < -0.39 is 47.2 Å². The number of aromatic hydroxyl groups is 1. The highest BCUT2D eigenvalue weighted by atomic mass is 16.6. The summed E-state index contributed by atoms with van der Waals surface area (Å²) in [5.74, 6) is -1.95. The number of aliphatic hydroxyl groups is 1. The molecule has 4 aliphatic rings. The fraction of sp³-hybridized carbons (Fsp3) is 0.469. The lowest BCUT2D eigenvalue weighted by Gasteiger charge is -2.56. The second-order valence-corrected chi connectivity index (χ2v) is 11.4. The number of carbonyl (C=O) groups excluding carboxylic acids is 3. The molecule has 224 valence electrons. The molecule has 2 aromatic carbocycles. The van der Waals surface area contributed by atoms with Crippen molar-refractivity contribution in [1.29, 1.82) is 0 Å². The highest BCUT2D eigenvalue weighted by Gasteiger charge is 2.71. The van der Waals surface area contributed by atoms with Crippen LogP contribution in [0.2, 0.25) is 0 Å². The summed E-state index contributed by atoms with van der Waals surface area (Å²) in [6, 6.07) is 11.7. The van der Waals surface area contributed by atoms with Gasteiger partial charge in [-0.1, -0.05) is 43.8 Å². The Morgan fingerprint density at radius 1 is 1.10 bits per heavy atom. The molecule has 2 bridgehead atoms. The number of hydrogen-bond acceptors (Lipinski definition) is 10. The van der Waals surface area contributed by atoms with Crippen LogP contribution in [-0.2, 0) is 40.4 Å². The van der Waals surface area contributed by atoms with Crippen LogP contribution in [0.1, 0.15) is 63.3 Å². The number of phenolic OH excluding ortho intramolecular Hbond substituents is 1. The maximum absolute atomic E-state index is 13.3. The molecule has 42 heavy (non-hydrogen) atoms. The molecule has 0 amide bonds. The molecule has 2 heterocycles. The molecule has 6 atom stereocenters. The smallest absolute Gasteiger partial charge is 0.353 e. The maximum Gasteiger partial charge on any atom is 0.353 e. The summed E-state index contributed by atoms with van der Waals surface area (Å²) in [6.45, 7) is 3.34. The molecule has 2 aliphatic carbocycles. The average Bonchev–Trinajstić information content (AvgIpc) is 3.28. The number of likely N-dealkylation sites (tertiary alicyclic amines) is 1. The van der Waals surface area contributed by atoms with Gasteiger partial charge in [-0.05, 0) is 57.5 Å². The Morgan fingerprint density at radius 3 is 2.55 bits per heavy atom. The SMILES string of the molecule is C.CC(=O)O[C@H](C(=O)O[C@@H](C)C(=O)OC1=CC[C@@]2(O)[C@H]3Cc4ccc(O)c5c4[C@@]2(CCCN3C)[C@H]1O5)c1ccccc1. The summed E-state index contributed by atoms with van der Waals surface area (Å²) in [5, 5.41) is 23.1. The normalized spacial score (nSPS) is 28.4. The molecule has 0 unspecified atom stereocenters. The highest BCUT2D eigenvalue weighted by molar-refractivity contribution is 5.84. The Bertz CT molecular complexity index is 1440. The summed E-state index contributed by atoms with van der Waals surface area (Å²) in [6.07, 6.45) is 0.293. The summed E-state index contributed by atoms with van der Waals surface area (Å²) in [5.41, 5.74) is 0.0400. The monoisotopic (exact) mass is 579 g/mol. The van der Waals surface area contributed by atoms with Gasteiger partial charge >= 0.3 is 17.9 Å². The van der Waals surface area contributed by atoms with Crippen LogP contribution in [0.4, 0.5) is 0 Å². The van der Waals surface area contributed by atoms with Crippen molar-refractivity contribution in [3.63, 3.8) is 0 Å². The van der Waals surface area contributed by atoms with E-state index in [0.717, 1.165) is 24.1 Å². The molecular weight excluding hydrogens is 542 g/mol. The van der Waals surface area contributed by atoms with Gasteiger partial charge < -0.3 is 34.1 Å². The van der Waals surface area contributed by atoms with Crippen molar-refractivity contribution in [2.75, 3.05) is 13.6 Å². The van der Waals surface area contributed by atoms with Gasteiger partial charge in [0.2, 0.25) is 6.10 Å². The number of benzene rings is 2. The van der Waals surface area contributed by atoms with Crippen LogP contribution in [0.15, 0.2) is 54.3 Å². The zero-order valence-electron chi connectivity index (χ0n) is 23.2. The van der Waals surface area contributed by atoms with E-state index >= 15 is 0 Å². The van der Waals surface area contributed by atoms with Crippen LogP contribution in [0, 0.1) is 0 Å². The summed E-state index contributed by atoms with van der Waals surface area (Å²) < 4.78 is 22.7. The minimum atomic E-state index is -1.34. The lowest BCUT2D eigenvalue weighted by Crippen LogP contribution is -2.69. The van der Waals surface area contributed by atoms with Crippen molar-refractivity contribution in [3.8, 4) is 11.5 Å². The minimum Gasteiger partial charge on any atom is -0.504 e. The molecule has 10 nitrogen and oxygen atoms in total. The topological polar surface area (TPSA) is 132 Å². The second kappa shape index (κ2) is 10.7. The Kier molecular flexibility index (Phi) is 7.57. The molecule has 1 saturated heterocycles. The van der Waals surface area contributed by atoms with E-state index in [9.17, 15) is 24.6 Å². The Labute approximate surface area is 244 Å². The number of phenols is 1. The van der Waals surface area contributed by atoms with E-state index in [2.05, 4.69) is 4.90 Å². The van der Waals surface area contributed by atoms with Crippen molar-refractivity contribution in [1.82, 2.24) is 4.90 Å². The highest BCUT2D eigenvalue weighted by Crippen LogP contribution is 2.64. The van der Waals surface area contributed by atoms with Gasteiger partial charge in [-0.25, -0.2) is 9.59 Å². The molecule has 0 radical (unpaired) electrons. The third-order valence-electron chi connectivity index (χ3n) is 9.02. The largest absolute Gasteiger partial charge is 0.504 e. The fourth-order valence-electron chi connectivity index (χ4n) is 7.22. The van der Waals surface area contributed by atoms with Crippen LogP contribution in [0.3, 0.4) is 0 Å². The van der Waals surface area contributed by atoms with Gasteiger partial charge in [-0.15, -0.1) is 0 Å². The van der Waals surface area contributed by atoms with Crippen molar-refractivity contribution in [2.24, 2.45) is 0 Å². The number of carbonyl (C=O) groups is 3. The van der Waals surface area contributed by atoms with E-state index in [4.69, 9.17) is 18.9 Å². The van der Waals surface area contributed by atoms with Crippen molar-refractivity contribution in [3.05, 3.63) is 71.0 Å².